The first kappa shape index (κ1) is 15.0. The van der Waals surface area contributed by atoms with Crippen molar-refractivity contribution in [2.45, 2.75) is 32.7 Å². The molecular weight excluding hydrogens is 298 g/mol. The second-order valence-electron chi connectivity index (χ2n) is 4.49. The molecular formula is C13H18BrNO3. The van der Waals surface area contributed by atoms with Gasteiger partial charge in [0.1, 0.15) is 11.8 Å². The highest BCUT2D eigenvalue weighted by Gasteiger charge is 2.25. The van der Waals surface area contributed by atoms with Gasteiger partial charge in [-0.05, 0) is 30.0 Å². The summed E-state index contributed by atoms with van der Waals surface area (Å²) in [5.74, 6) is -0.276. The van der Waals surface area contributed by atoms with E-state index >= 15 is 0 Å². The number of aliphatic carboxylic acids is 1. The normalized spacial score (nSPS) is 12.6. The third kappa shape index (κ3) is 2.67. The third-order valence-corrected chi connectivity index (χ3v) is 3.78. The molecule has 4 nitrogen and oxygen atoms in total. The van der Waals surface area contributed by atoms with Crippen LogP contribution in [0.15, 0.2) is 10.5 Å². The minimum atomic E-state index is -1.09. The lowest BCUT2D eigenvalue weighted by Gasteiger charge is -2.21. The Hall–Kier alpha value is -1.07. The molecule has 1 atom stereocenters. The van der Waals surface area contributed by atoms with Crippen molar-refractivity contribution in [1.82, 2.24) is 0 Å². The molecule has 0 heterocycles. The van der Waals surface area contributed by atoms with Crippen molar-refractivity contribution < 1.29 is 14.6 Å². The van der Waals surface area contributed by atoms with Crippen molar-refractivity contribution >= 4 is 21.9 Å². The van der Waals surface area contributed by atoms with E-state index in [2.05, 4.69) is 15.9 Å². The topological polar surface area (TPSA) is 72.5 Å². The van der Waals surface area contributed by atoms with Gasteiger partial charge < -0.3 is 15.6 Å². The summed E-state index contributed by atoms with van der Waals surface area (Å²) in [6.07, 6.45) is 0. The second kappa shape index (κ2) is 5.71. The van der Waals surface area contributed by atoms with Gasteiger partial charge in [-0.2, -0.15) is 0 Å². The standard InChI is InChI=1S/C13H18BrNO3/c1-6(2)8-5-9(14)7(3)10(12(8)18-4)11(15)13(16)17/h5-6,11H,15H2,1-4H3,(H,16,17). The Bertz CT molecular complexity index is 472. The predicted octanol–water partition coefficient (Wildman–Crippen LogP) is 2.97. The first-order valence-corrected chi connectivity index (χ1v) is 6.45. The first-order chi connectivity index (χ1) is 8.31. The Morgan fingerprint density at radius 2 is 2.06 bits per heavy atom. The molecule has 1 unspecified atom stereocenters. The van der Waals surface area contributed by atoms with Crippen LogP contribution in [0.1, 0.15) is 42.5 Å². The Morgan fingerprint density at radius 1 is 1.50 bits per heavy atom. The molecule has 0 amide bonds. The summed E-state index contributed by atoms with van der Waals surface area (Å²) >= 11 is 3.44. The highest BCUT2D eigenvalue weighted by atomic mass is 79.9. The van der Waals surface area contributed by atoms with Crippen molar-refractivity contribution in [3.05, 3.63) is 27.2 Å². The molecule has 1 aromatic rings. The Morgan fingerprint density at radius 3 is 2.44 bits per heavy atom. The lowest BCUT2D eigenvalue weighted by Crippen LogP contribution is -2.23. The predicted molar refractivity (Wildman–Crippen MR) is 74.1 cm³/mol. The fourth-order valence-electron chi connectivity index (χ4n) is 1.92. The minimum absolute atomic E-state index is 0.219. The molecule has 0 aliphatic carbocycles. The van der Waals surface area contributed by atoms with E-state index < -0.39 is 12.0 Å². The number of benzene rings is 1. The van der Waals surface area contributed by atoms with Crippen LogP contribution < -0.4 is 10.5 Å². The van der Waals surface area contributed by atoms with E-state index in [0.29, 0.717) is 11.3 Å². The smallest absolute Gasteiger partial charge is 0.325 e. The summed E-state index contributed by atoms with van der Waals surface area (Å²) in [7, 11) is 1.53. The van der Waals surface area contributed by atoms with E-state index in [4.69, 9.17) is 15.6 Å². The van der Waals surface area contributed by atoms with Gasteiger partial charge >= 0.3 is 5.97 Å². The van der Waals surface area contributed by atoms with Gasteiger partial charge in [0, 0.05) is 10.0 Å². The molecule has 18 heavy (non-hydrogen) atoms. The molecule has 0 bridgehead atoms. The maximum Gasteiger partial charge on any atom is 0.325 e. The average Bonchev–Trinajstić information content (AvgIpc) is 2.30. The number of rotatable bonds is 4. The van der Waals surface area contributed by atoms with Gasteiger partial charge in [-0.25, -0.2) is 0 Å². The first-order valence-electron chi connectivity index (χ1n) is 5.66. The molecule has 1 aromatic carbocycles. The van der Waals surface area contributed by atoms with Crippen LogP contribution in [0.4, 0.5) is 0 Å². The quantitative estimate of drug-likeness (QED) is 0.896. The second-order valence-corrected chi connectivity index (χ2v) is 5.34. The molecule has 5 heteroatoms. The highest BCUT2D eigenvalue weighted by Crippen LogP contribution is 2.39. The SMILES string of the molecule is COc1c(C(C)C)cc(Br)c(C)c1C(N)C(=O)O. The molecule has 0 aliphatic heterocycles. The molecule has 1 rings (SSSR count). The monoisotopic (exact) mass is 315 g/mol. The van der Waals surface area contributed by atoms with Crippen LogP contribution in [0.2, 0.25) is 0 Å². The van der Waals surface area contributed by atoms with Crippen LogP contribution >= 0.6 is 15.9 Å². The van der Waals surface area contributed by atoms with Crippen LogP contribution in [0, 0.1) is 6.92 Å². The zero-order chi connectivity index (χ0) is 14.0. The van der Waals surface area contributed by atoms with Crippen molar-refractivity contribution in [1.29, 1.82) is 0 Å². The molecule has 0 saturated carbocycles. The number of ether oxygens (including phenoxy) is 1. The van der Waals surface area contributed by atoms with E-state index in [9.17, 15) is 4.79 Å². The highest BCUT2D eigenvalue weighted by molar-refractivity contribution is 9.10. The molecule has 100 valence electrons. The number of hydrogen-bond acceptors (Lipinski definition) is 3. The lowest BCUT2D eigenvalue weighted by atomic mass is 9.92. The zero-order valence-corrected chi connectivity index (χ0v) is 12.5. The van der Waals surface area contributed by atoms with Gasteiger partial charge in [0.15, 0.2) is 0 Å². The van der Waals surface area contributed by atoms with Gasteiger partial charge in [-0.1, -0.05) is 29.8 Å². The van der Waals surface area contributed by atoms with Crippen molar-refractivity contribution in [2.75, 3.05) is 7.11 Å². The van der Waals surface area contributed by atoms with E-state index in [1.54, 1.807) is 0 Å². The van der Waals surface area contributed by atoms with Gasteiger partial charge in [0.25, 0.3) is 0 Å². The molecule has 3 N–H and O–H groups in total. The molecule has 0 aromatic heterocycles. The van der Waals surface area contributed by atoms with Crippen molar-refractivity contribution in [3.8, 4) is 5.75 Å². The summed E-state index contributed by atoms with van der Waals surface area (Å²) in [5, 5.41) is 9.10. The van der Waals surface area contributed by atoms with Crippen LogP contribution in [0.25, 0.3) is 0 Å². The van der Waals surface area contributed by atoms with Crippen LogP contribution in [-0.4, -0.2) is 18.2 Å². The molecule has 0 radical (unpaired) electrons. The number of halogens is 1. The van der Waals surface area contributed by atoms with E-state index in [1.165, 1.54) is 7.11 Å². The van der Waals surface area contributed by atoms with Crippen LogP contribution in [0.5, 0.6) is 5.75 Å². The molecule has 0 saturated heterocycles. The summed E-state index contributed by atoms with van der Waals surface area (Å²) in [4.78, 5) is 11.1. The number of hydrogen-bond donors (Lipinski definition) is 2. The maximum atomic E-state index is 11.1. The number of methoxy groups -OCH3 is 1. The third-order valence-electron chi connectivity index (χ3n) is 2.95. The van der Waals surface area contributed by atoms with Crippen LogP contribution in [0.3, 0.4) is 0 Å². The van der Waals surface area contributed by atoms with Gasteiger partial charge in [-0.15, -0.1) is 0 Å². The summed E-state index contributed by atoms with van der Waals surface area (Å²) in [6.45, 7) is 5.88. The lowest BCUT2D eigenvalue weighted by molar-refractivity contribution is -0.138. The number of carboxylic acids is 1. The Kier molecular flexibility index (Phi) is 4.76. The van der Waals surface area contributed by atoms with Gasteiger partial charge in [0.2, 0.25) is 0 Å². The van der Waals surface area contributed by atoms with Crippen molar-refractivity contribution in [2.24, 2.45) is 5.73 Å². The maximum absolute atomic E-state index is 11.1. The minimum Gasteiger partial charge on any atom is -0.496 e. The summed E-state index contributed by atoms with van der Waals surface area (Å²) in [6, 6.07) is 0.867. The number of nitrogens with two attached hydrogens (primary N) is 1. The fraction of sp³-hybridized carbons (Fsp3) is 0.462. The van der Waals surface area contributed by atoms with Crippen LogP contribution in [-0.2, 0) is 4.79 Å². The molecule has 0 spiro atoms. The van der Waals surface area contributed by atoms with Crippen molar-refractivity contribution in [3.63, 3.8) is 0 Å². The largest absolute Gasteiger partial charge is 0.496 e. The summed E-state index contributed by atoms with van der Waals surface area (Å²) in [5.41, 5.74) is 8.03. The number of carboxylic acid groups (broad SMARTS) is 1. The van der Waals surface area contributed by atoms with E-state index in [0.717, 1.165) is 15.6 Å². The Labute approximate surface area is 115 Å². The van der Waals surface area contributed by atoms with E-state index in [1.807, 2.05) is 26.8 Å². The average molecular weight is 316 g/mol. The Balaban J connectivity index is 3.60. The van der Waals surface area contributed by atoms with Gasteiger partial charge in [0.05, 0.1) is 7.11 Å². The molecule has 0 fully saturated rings. The number of carbonyl (C=O) groups is 1. The zero-order valence-electron chi connectivity index (χ0n) is 11.0. The molecule has 0 aliphatic rings. The van der Waals surface area contributed by atoms with E-state index in [-0.39, 0.29) is 5.92 Å². The summed E-state index contributed by atoms with van der Waals surface area (Å²) < 4.78 is 6.23. The fourth-order valence-corrected chi connectivity index (χ4v) is 2.38. The van der Waals surface area contributed by atoms with Gasteiger partial charge in [-0.3, -0.25) is 4.79 Å².